The molecule has 0 radical (unpaired) electrons. The van der Waals surface area contributed by atoms with E-state index in [0.29, 0.717) is 22.8 Å². The van der Waals surface area contributed by atoms with Gasteiger partial charge in [0.2, 0.25) is 0 Å². The summed E-state index contributed by atoms with van der Waals surface area (Å²) >= 11 is 7.72. The van der Waals surface area contributed by atoms with Crippen molar-refractivity contribution in [1.82, 2.24) is 5.32 Å². The first-order valence-corrected chi connectivity index (χ1v) is 8.32. The zero-order valence-corrected chi connectivity index (χ0v) is 13.6. The fourth-order valence-electron chi connectivity index (χ4n) is 2.31. The van der Waals surface area contributed by atoms with Gasteiger partial charge in [0, 0.05) is 16.3 Å². The Kier molecular flexibility index (Phi) is 4.84. The lowest BCUT2D eigenvalue weighted by molar-refractivity contribution is -0.143. The highest BCUT2D eigenvalue weighted by Crippen LogP contribution is 2.29. The summed E-state index contributed by atoms with van der Waals surface area (Å²) in [4.78, 5) is 23.7. The van der Waals surface area contributed by atoms with Crippen LogP contribution >= 0.6 is 23.4 Å². The minimum atomic E-state index is -1.16. The van der Waals surface area contributed by atoms with Gasteiger partial charge in [0.25, 0.3) is 5.91 Å². The largest absolute Gasteiger partial charge is 0.479 e. The van der Waals surface area contributed by atoms with Crippen LogP contribution in [-0.2, 0) is 4.79 Å². The lowest BCUT2D eigenvalue weighted by Crippen LogP contribution is -2.54. The SMILES string of the molecule is CC(C)c1ccc(C(=O)NC2(C(=O)O)CCSC2)cc1Cl. The van der Waals surface area contributed by atoms with Crippen LogP contribution in [0.25, 0.3) is 0 Å². The van der Waals surface area contributed by atoms with Gasteiger partial charge in [-0.2, -0.15) is 11.8 Å². The summed E-state index contributed by atoms with van der Waals surface area (Å²) in [5.74, 6) is 0.0277. The number of nitrogens with one attached hydrogen (secondary N) is 1. The second kappa shape index (κ2) is 6.28. The lowest BCUT2D eigenvalue weighted by atomic mass is 9.97. The molecule has 4 nitrogen and oxygen atoms in total. The molecule has 1 saturated heterocycles. The number of carbonyl (C=O) groups is 2. The van der Waals surface area contributed by atoms with Crippen LogP contribution in [0.2, 0.25) is 5.02 Å². The molecule has 1 atom stereocenters. The van der Waals surface area contributed by atoms with Crippen LogP contribution in [0.4, 0.5) is 0 Å². The zero-order valence-electron chi connectivity index (χ0n) is 12.0. The van der Waals surface area contributed by atoms with E-state index in [1.165, 1.54) is 11.8 Å². The van der Waals surface area contributed by atoms with Crippen LogP contribution in [0, 0.1) is 0 Å². The fourth-order valence-corrected chi connectivity index (χ4v) is 4.04. The van der Waals surface area contributed by atoms with Gasteiger partial charge in [-0.25, -0.2) is 4.79 Å². The molecule has 2 rings (SSSR count). The Labute approximate surface area is 133 Å². The molecule has 1 aliphatic heterocycles. The first kappa shape index (κ1) is 16.2. The van der Waals surface area contributed by atoms with Gasteiger partial charge < -0.3 is 10.4 Å². The zero-order chi connectivity index (χ0) is 15.6. The lowest BCUT2D eigenvalue weighted by Gasteiger charge is -2.24. The van der Waals surface area contributed by atoms with Crippen LogP contribution < -0.4 is 5.32 Å². The summed E-state index contributed by atoms with van der Waals surface area (Å²) in [6, 6.07) is 5.11. The third-order valence-electron chi connectivity index (χ3n) is 3.67. The van der Waals surface area contributed by atoms with Gasteiger partial charge in [-0.15, -0.1) is 0 Å². The number of carboxylic acids is 1. The van der Waals surface area contributed by atoms with Gasteiger partial charge in [0.1, 0.15) is 5.54 Å². The monoisotopic (exact) mass is 327 g/mol. The summed E-state index contributed by atoms with van der Waals surface area (Å²) in [6.45, 7) is 4.05. The molecule has 0 bridgehead atoms. The van der Waals surface area contributed by atoms with Crippen molar-refractivity contribution in [3.63, 3.8) is 0 Å². The predicted molar refractivity (Wildman–Crippen MR) is 85.3 cm³/mol. The average molecular weight is 328 g/mol. The molecule has 0 spiro atoms. The van der Waals surface area contributed by atoms with E-state index in [1.807, 2.05) is 19.9 Å². The second-order valence-electron chi connectivity index (χ2n) is 5.53. The number of halogens is 1. The molecule has 1 amide bonds. The quantitative estimate of drug-likeness (QED) is 0.891. The van der Waals surface area contributed by atoms with Gasteiger partial charge in [-0.3, -0.25) is 4.79 Å². The van der Waals surface area contributed by atoms with Gasteiger partial charge in [0.15, 0.2) is 0 Å². The van der Waals surface area contributed by atoms with Crippen LogP contribution in [0.3, 0.4) is 0 Å². The summed E-state index contributed by atoms with van der Waals surface area (Å²) in [6.07, 6.45) is 0.441. The van der Waals surface area contributed by atoms with E-state index < -0.39 is 17.4 Å². The van der Waals surface area contributed by atoms with E-state index in [0.717, 1.165) is 11.3 Å². The molecular formula is C15H18ClNO3S. The number of carbonyl (C=O) groups excluding carboxylic acids is 1. The number of aliphatic carboxylic acids is 1. The van der Waals surface area contributed by atoms with Gasteiger partial charge in [-0.1, -0.05) is 31.5 Å². The first-order valence-electron chi connectivity index (χ1n) is 6.79. The van der Waals surface area contributed by atoms with E-state index in [2.05, 4.69) is 5.32 Å². The summed E-state index contributed by atoms with van der Waals surface area (Å²) in [5, 5.41) is 12.6. The number of benzene rings is 1. The highest BCUT2D eigenvalue weighted by Gasteiger charge is 2.43. The Morgan fingerprint density at radius 2 is 2.14 bits per heavy atom. The molecule has 1 fully saturated rings. The van der Waals surface area contributed by atoms with Crippen molar-refractivity contribution in [3.8, 4) is 0 Å². The third-order valence-corrected chi connectivity index (χ3v) is 5.19. The maximum Gasteiger partial charge on any atom is 0.330 e. The number of amides is 1. The molecular weight excluding hydrogens is 310 g/mol. The normalized spacial score (nSPS) is 21.5. The van der Waals surface area contributed by atoms with E-state index in [9.17, 15) is 14.7 Å². The summed E-state index contributed by atoms with van der Waals surface area (Å²) in [7, 11) is 0. The molecule has 114 valence electrons. The van der Waals surface area contributed by atoms with Crippen molar-refractivity contribution in [2.24, 2.45) is 0 Å². The van der Waals surface area contributed by atoms with E-state index in [1.54, 1.807) is 12.1 Å². The van der Waals surface area contributed by atoms with Crippen molar-refractivity contribution in [2.45, 2.75) is 31.7 Å². The Balaban J connectivity index is 2.20. The maximum atomic E-state index is 12.3. The minimum Gasteiger partial charge on any atom is -0.479 e. The van der Waals surface area contributed by atoms with Crippen LogP contribution in [0.5, 0.6) is 0 Å². The van der Waals surface area contributed by atoms with Crippen LogP contribution in [0.15, 0.2) is 18.2 Å². The minimum absolute atomic E-state index is 0.270. The predicted octanol–water partition coefficient (Wildman–Crippen LogP) is 3.15. The Hall–Kier alpha value is -1.20. The topological polar surface area (TPSA) is 66.4 Å². The number of hydrogen-bond donors (Lipinski definition) is 2. The smallest absolute Gasteiger partial charge is 0.330 e. The standard InChI is InChI=1S/C15H18ClNO3S/c1-9(2)11-4-3-10(7-12(11)16)13(18)17-15(14(19)20)5-6-21-8-15/h3-4,7,9H,5-6,8H2,1-2H3,(H,17,18)(H,19,20). The van der Waals surface area contributed by atoms with Crippen LogP contribution in [-0.4, -0.2) is 34.0 Å². The molecule has 1 aromatic rings. The average Bonchev–Trinajstić information content (AvgIpc) is 2.88. The Morgan fingerprint density at radius 1 is 1.43 bits per heavy atom. The van der Waals surface area contributed by atoms with Crippen molar-refractivity contribution in [1.29, 1.82) is 0 Å². The molecule has 1 aromatic carbocycles. The van der Waals surface area contributed by atoms with Gasteiger partial charge in [-0.05, 0) is 35.8 Å². The number of carboxylic acid groups (broad SMARTS) is 1. The highest BCUT2D eigenvalue weighted by molar-refractivity contribution is 7.99. The van der Waals surface area contributed by atoms with Crippen molar-refractivity contribution in [2.75, 3.05) is 11.5 Å². The van der Waals surface area contributed by atoms with E-state index in [4.69, 9.17) is 11.6 Å². The summed E-state index contributed by atoms with van der Waals surface area (Å²) < 4.78 is 0. The first-order chi connectivity index (χ1) is 9.85. The Morgan fingerprint density at radius 3 is 2.62 bits per heavy atom. The number of rotatable bonds is 4. The summed E-state index contributed by atoms with van der Waals surface area (Å²) in [5.41, 5.74) is 0.199. The van der Waals surface area contributed by atoms with Gasteiger partial charge >= 0.3 is 5.97 Å². The maximum absolute atomic E-state index is 12.3. The number of thioether (sulfide) groups is 1. The molecule has 0 saturated carbocycles. The molecule has 1 unspecified atom stereocenters. The highest BCUT2D eigenvalue weighted by atomic mass is 35.5. The van der Waals surface area contributed by atoms with Crippen molar-refractivity contribution < 1.29 is 14.7 Å². The number of hydrogen-bond acceptors (Lipinski definition) is 3. The molecule has 1 heterocycles. The molecule has 0 aromatic heterocycles. The van der Waals surface area contributed by atoms with Gasteiger partial charge in [0.05, 0.1) is 0 Å². The third kappa shape index (κ3) is 3.35. The fraction of sp³-hybridized carbons (Fsp3) is 0.467. The molecule has 1 aliphatic rings. The molecule has 6 heteroatoms. The van der Waals surface area contributed by atoms with Crippen molar-refractivity contribution >= 4 is 35.2 Å². The molecule has 21 heavy (non-hydrogen) atoms. The Bertz CT molecular complexity index is 568. The van der Waals surface area contributed by atoms with Crippen LogP contribution in [0.1, 0.15) is 42.1 Å². The molecule has 0 aliphatic carbocycles. The second-order valence-corrected chi connectivity index (χ2v) is 7.05. The van der Waals surface area contributed by atoms with E-state index in [-0.39, 0.29) is 5.92 Å². The molecule has 2 N–H and O–H groups in total. The van der Waals surface area contributed by atoms with Crippen molar-refractivity contribution in [3.05, 3.63) is 34.3 Å². The van der Waals surface area contributed by atoms with E-state index >= 15 is 0 Å².